The highest BCUT2D eigenvalue weighted by atomic mass is 16.5. The molecule has 1 aromatic heterocycles. The van der Waals surface area contributed by atoms with Crippen LogP contribution < -0.4 is 5.32 Å². The number of amides is 1. The van der Waals surface area contributed by atoms with Crippen LogP contribution in [0.1, 0.15) is 42.6 Å². The van der Waals surface area contributed by atoms with Crippen molar-refractivity contribution in [2.75, 3.05) is 5.32 Å². The Bertz CT molecular complexity index is 928. The Kier molecular flexibility index (Phi) is 5.02. The number of nitrogens with one attached hydrogen (secondary N) is 1. The largest absolute Gasteiger partial charge is 0.449 e. The highest BCUT2D eigenvalue weighted by molar-refractivity contribution is 5.98. The van der Waals surface area contributed by atoms with Crippen LogP contribution in [0.15, 0.2) is 53.3 Å². The molecule has 0 aliphatic rings. The van der Waals surface area contributed by atoms with E-state index in [2.05, 4.69) is 24.1 Å². The molecule has 0 saturated heterocycles. The molecule has 26 heavy (non-hydrogen) atoms. The van der Waals surface area contributed by atoms with Crippen LogP contribution in [-0.2, 0) is 9.53 Å². The number of carbonyl (C=O) groups is 2. The average molecular weight is 352 g/mol. The summed E-state index contributed by atoms with van der Waals surface area (Å²) >= 11 is 0. The molecular formula is C20H20N2O4. The van der Waals surface area contributed by atoms with Crippen molar-refractivity contribution in [1.82, 2.24) is 4.98 Å². The molecule has 0 bridgehead atoms. The fourth-order valence-electron chi connectivity index (χ4n) is 2.46. The Hall–Kier alpha value is -3.15. The van der Waals surface area contributed by atoms with E-state index in [4.69, 9.17) is 9.15 Å². The third kappa shape index (κ3) is 3.91. The van der Waals surface area contributed by atoms with E-state index in [-0.39, 0.29) is 0 Å². The summed E-state index contributed by atoms with van der Waals surface area (Å²) in [5, 5.41) is 2.75. The number of hydrogen-bond acceptors (Lipinski definition) is 5. The maximum Gasteiger partial charge on any atom is 0.338 e. The van der Waals surface area contributed by atoms with Crippen molar-refractivity contribution >= 4 is 28.7 Å². The lowest BCUT2D eigenvalue weighted by Crippen LogP contribution is -2.30. The van der Waals surface area contributed by atoms with E-state index in [1.54, 1.807) is 18.2 Å². The minimum absolute atomic E-state index is 0.312. The fourth-order valence-corrected chi connectivity index (χ4v) is 2.46. The van der Waals surface area contributed by atoms with E-state index < -0.39 is 18.0 Å². The Morgan fingerprint density at radius 1 is 1.08 bits per heavy atom. The summed E-state index contributed by atoms with van der Waals surface area (Å²) in [5.74, 6) is -0.562. The van der Waals surface area contributed by atoms with Gasteiger partial charge in [-0.1, -0.05) is 26.0 Å². The average Bonchev–Trinajstić information content (AvgIpc) is 3.09. The molecule has 0 fully saturated rings. The molecule has 0 radical (unpaired) electrons. The number of rotatable bonds is 5. The van der Waals surface area contributed by atoms with Gasteiger partial charge in [0, 0.05) is 5.69 Å². The van der Waals surface area contributed by atoms with E-state index in [0.29, 0.717) is 28.3 Å². The topological polar surface area (TPSA) is 81.4 Å². The van der Waals surface area contributed by atoms with Crippen molar-refractivity contribution in [1.29, 1.82) is 0 Å². The molecule has 0 saturated carbocycles. The second-order valence-corrected chi connectivity index (χ2v) is 6.35. The quantitative estimate of drug-likeness (QED) is 0.698. The van der Waals surface area contributed by atoms with E-state index >= 15 is 0 Å². The number of carbonyl (C=O) groups excluding carboxylic acids is 2. The van der Waals surface area contributed by atoms with Crippen molar-refractivity contribution in [3.63, 3.8) is 0 Å². The molecule has 1 atom stereocenters. The van der Waals surface area contributed by atoms with Gasteiger partial charge in [0.15, 0.2) is 18.1 Å². The van der Waals surface area contributed by atoms with Crippen molar-refractivity contribution in [2.24, 2.45) is 0 Å². The molecule has 6 heteroatoms. The van der Waals surface area contributed by atoms with E-state index in [9.17, 15) is 9.59 Å². The molecule has 0 aliphatic carbocycles. The summed E-state index contributed by atoms with van der Waals surface area (Å²) in [6.45, 7) is 5.74. The first-order valence-electron chi connectivity index (χ1n) is 8.39. The predicted octanol–water partition coefficient (Wildman–Crippen LogP) is 4.14. The number of benzene rings is 2. The SMILES string of the molecule is CC(OC(=O)c1ccc2ocnc2c1)C(=O)Nc1ccc(C(C)C)cc1. The molecule has 134 valence electrons. The van der Waals surface area contributed by atoms with Gasteiger partial charge in [0.25, 0.3) is 5.91 Å². The lowest BCUT2D eigenvalue weighted by molar-refractivity contribution is -0.123. The van der Waals surface area contributed by atoms with E-state index in [0.717, 1.165) is 0 Å². The van der Waals surface area contributed by atoms with Gasteiger partial charge in [0.1, 0.15) is 5.52 Å². The minimum atomic E-state index is -0.930. The normalized spacial score (nSPS) is 12.2. The fraction of sp³-hybridized carbons (Fsp3) is 0.250. The lowest BCUT2D eigenvalue weighted by atomic mass is 10.0. The van der Waals surface area contributed by atoms with Gasteiger partial charge in [0.2, 0.25) is 0 Å². The Labute approximate surface area is 151 Å². The molecule has 0 aliphatic heterocycles. The zero-order valence-electron chi connectivity index (χ0n) is 14.9. The second-order valence-electron chi connectivity index (χ2n) is 6.35. The zero-order valence-corrected chi connectivity index (χ0v) is 14.9. The Balaban J connectivity index is 1.61. The molecular weight excluding hydrogens is 332 g/mol. The van der Waals surface area contributed by atoms with E-state index in [1.807, 2.05) is 24.3 Å². The zero-order chi connectivity index (χ0) is 18.7. The minimum Gasteiger partial charge on any atom is -0.449 e. The van der Waals surface area contributed by atoms with Gasteiger partial charge in [-0.2, -0.15) is 0 Å². The number of aromatic nitrogens is 1. The maximum atomic E-state index is 12.3. The summed E-state index contributed by atoms with van der Waals surface area (Å²) in [5.41, 5.74) is 3.29. The molecule has 1 amide bonds. The monoisotopic (exact) mass is 352 g/mol. The number of anilines is 1. The number of hydrogen-bond donors (Lipinski definition) is 1. The van der Waals surface area contributed by atoms with Gasteiger partial charge in [-0.05, 0) is 48.7 Å². The van der Waals surface area contributed by atoms with Crippen molar-refractivity contribution < 1.29 is 18.7 Å². The van der Waals surface area contributed by atoms with Crippen molar-refractivity contribution in [2.45, 2.75) is 32.8 Å². The number of fused-ring (bicyclic) bond motifs is 1. The predicted molar refractivity (Wildman–Crippen MR) is 98.0 cm³/mol. The first-order chi connectivity index (χ1) is 12.4. The number of ether oxygens (including phenoxy) is 1. The second kappa shape index (κ2) is 7.39. The van der Waals surface area contributed by atoms with Crippen LogP contribution >= 0.6 is 0 Å². The molecule has 1 heterocycles. The summed E-state index contributed by atoms with van der Waals surface area (Å²) in [4.78, 5) is 28.5. The van der Waals surface area contributed by atoms with Gasteiger partial charge in [-0.25, -0.2) is 9.78 Å². The number of esters is 1. The summed E-state index contributed by atoms with van der Waals surface area (Å²) in [7, 11) is 0. The highest BCUT2D eigenvalue weighted by Gasteiger charge is 2.19. The molecule has 1 N–H and O–H groups in total. The molecule has 1 unspecified atom stereocenters. The summed E-state index contributed by atoms with van der Waals surface area (Å²) < 4.78 is 10.4. The van der Waals surface area contributed by atoms with Gasteiger partial charge < -0.3 is 14.5 Å². The highest BCUT2D eigenvalue weighted by Crippen LogP contribution is 2.18. The summed E-state index contributed by atoms with van der Waals surface area (Å²) in [6, 6.07) is 12.4. The molecule has 3 aromatic rings. The number of oxazole rings is 1. The van der Waals surface area contributed by atoms with Crippen LogP contribution in [-0.4, -0.2) is 23.0 Å². The van der Waals surface area contributed by atoms with Crippen LogP contribution in [0.3, 0.4) is 0 Å². The van der Waals surface area contributed by atoms with Crippen LogP contribution in [0.2, 0.25) is 0 Å². The summed E-state index contributed by atoms with van der Waals surface area (Å²) in [6.07, 6.45) is 0.376. The first kappa shape index (κ1) is 17.7. The lowest BCUT2D eigenvalue weighted by Gasteiger charge is -2.14. The van der Waals surface area contributed by atoms with Gasteiger partial charge >= 0.3 is 5.97 Å². The van der Waals surface area contributed by atoms with Crippen molar-refractivity contribution in [3.8, 4) is 0 Å². The molecule has 0 spiro atoms. The van der Waals surface area contributed by atoms with Gasteiger partial charge in [-0.3, -0.25) is 4.79 Å². The molecule has 6 nitrogen and oxygen atoms in total. The smallest absolute Gasteiger partial charge is 0.338 e. The van der Waals surface area contributed by atoms with Crippen molar-refractivity contribution in [3.05, 3.63) is 60.0 Å². The van der Waals surface area contributed by atoms with Gasteiger partial charge in [-0.15, -0.1) is 0 Å². The van der Waals surface area contributed by atoms with Crippen LogP contribution in [0.25, 0.3) is 11.1 Å². The van der Waals surface area contributed by atoms with E-state index in [1.165, 1.54) is 18.9 Å². The van der Waals surface area contributed by atoms with Gasteiger partial charge in [0.05, 0.1) is 5.56 Å². The van der Waals surface area contributed by atoms with Crippen LogP contribution in [0.4, 0.5) is 5.69 Å². The maximum absolute atomic E-state index is 12.3. The Morgan fingerprint density at radius 2 is 1.81 bits per heavy atom. The third-order valence-corrected chi connectivity index (χ3v) is 4.06. The standard InChI is InChI=1S/C20H20N2O4/c1-12(2)14-4-7-16(8-5-14)22-19(23)13(3)26-20(24)15-6-9-18-17(10-15)21-11-25-18/h4-13H,1-3H3,(H,22,23). The number of nitrogens with zero attached hydrogens (tertiary/aromatic N) is 1. The third-order valence-electron chi connectivity index (χ3n) is 4.06. The first-order valence-corrected chi connectivity index (χ1v) is 8.39. The van der Waals surface area contributed by atoms with Crippen LogP contribution in [0.5, 0.6) is 0 Å². The molecule has 2 aromatic carbocycles. The Morgan fingerprint density at radius 3 is 2.50 bits per heavy atom. The van der Waals surface area contributed by atoms with Crippen LogP contribution in [0, 0.1) is 0 Å². The molecule has 3 rings (SSSR count).